The first-order chi connectivity index (χ1) is 11.1. The van der Waals surface area contributed by atoms with Gasteiger partial charge in [0.2, 0.25) is 0 Å². The Kier molecular flexibility index (Phi) is 5.27. The van der Waals surface area contributed by atoms with Gasteiger partial charge in [0.05, 0.1) is 11.8 Å². The highest BCUT2D eigenvalue weighted by Gasteiger charge is 2.33. The SMILES string of the molecule is CCC(C)SCc1cc(Br)ccc1C(=O)c1cnoc1C1CC1. The van der Waals surface area contributed by atoms with Crippen LogP contribution in [0.5, 0.6) is 0 Å². The maximum absolute atomic E-state index is 13.0. The number of thioether (sulfide) groups is 1. The van der Waals surface area contributed by atoms with Gasteiger partial charge in [0.15, 0.2) is 11.5 Å². The molecule has 1 aliphatic rings. The predicted molar refractivity (Wildman–Crippen MR) is 97.1 cm³/mol. The van der Waals surface area contributed by atoms with Crippen LogP contribution < -0.4 is 0 Å². The van der Waals surface area contributed by atoms with Gasteiger partial charge in [-0.2, -0.15) is 11.8 Å². The minimum atomic E-state index is 0.0281. The van der Waals surface area contributed by atoms with Crippen LogP contribution >= 0.6 is 27.7 Å². The Labute approximate surface area is 149 Å². The van der Waals surface area contributed by atoms with Gasteiger partial charge in [-0.15, -0.1) is 0 Å². The molecule has 0 spiro atoms. The molecule has 0 bridgehead atoms. The van der Waals surface area contributed by atoms with E-state index in [1.807, 2.05) is 30.0 Å². The summed E-state index contributed by atoms with van der Waals surface area (Å²) in [5.74, 6) is 2.00. The molecule has 1 aromatic heterocycles. The first-order valence-electron chi connectivity index (χ1n) is 7.99. The van der Waals surface area contributed by atoms with Crippen LogP contribution in [-0.4, -0.2) is 16.2 Å². The lowest BCUT2D eigenvalue weighted by atomic mass is 9.99. The van der Waals surface area contributed by atoms with Crippen molar-refractivity contribution < 1.29 is 9.32 Å². The fourth-order valence-corrected chi connectivity index (χ4v) is 3.80. The molecule has 1 aromatic carbocycles. The molecule has 2 aromatic rings. The van der Waals surface area contributed by atoms with Gasteiger partial charge < -0.3 is 4.52 Å². The third-order valence-corrected chi connectivity index (χ3v) is 6.07. The third kappa shape index (κ3) is 3.89. The predicted octanol–water partition coefficient (Wildman–Crippen LogP) is 5.58. The van der Waals surface area contributed by atoms with Crippen LogP contribution in [0.1, 0.15) is 66.3 Å². The van der Waals surface area contributed by atoms with Crippen molar-refractivity contribution in [3.63, 3.8) is 0 Å². The van der Waals surface area contributed by atoms with Gasteiger partial charge in [-0.25, -0.2) is 0 Å². The molecule has 0 aliphatic heterocycles. The Morgan fingerprint density at radius 2 is 2.22 bits per heavy atom. The topological polar surface area (TPSA) is 43.1 Å². The molecule has 23 heavy (non-hydrogen) atoms. The van der Waals surface area contributed by atoms with E-state index in [4.69, 9.17) is 4.52 Å². The Morgan fingerprint density at radius 3 is 2.91 bits per heavy atom. The molecule has 1 saturated carbocycles. The minimum absolute atomic E-state index is 0.0281. The molecule has 5 heteroatoms. The van der Waals surface area contributed by atoms with E-state index < -0.39 is 0 Å². The van der Waals surface area contributed by atoms with Crippen molar-refractivity contribution in [1.82, 2.24) is 5.16 Å². The lowest BCUT2D eigenvalue weighted by Crippen LogP contribution is -2.07. The lowest BCUT2D eigenvalue weighted by Gasteiger charge is -2.12. The summed E-state index contributed by atoms with van der Waals surface area (Å²) in [4.78, 5) is 13.0. The van der Waals surface area contributed by atoms with Gasteiger partial charge in [0.25, 0.3) is 0 Å². The quantitative estimate of drug-likeness (QED) is 0.576. The molecular weight excluding hydrogens is 374 g/mol. The normalized spacial score (nSPS) is 15.6. The molecule has 1 atom stereocenters. The third-order valence-electron chi connectivity index (χ3n) is 4.20. The number of hydrogen-bond donors (Lipinski definition) is 0. The average molecular weight is 394 g/mol. The van der Waals surface area contributed by atoms with Gasteiger partial charge >= 0.3 is 0 Å². The summed E-state index contributed by atoms with van der Waals surface area (Å²) in [6, 6.07) is 5.88. The van der Waals surface area contributed by atoms with Crippen LogP contribution in [0.3, 0.4) is 0 Å². The molecule has 0 amide bonds. The summed E-state index contributed by atoms with van der Waals surface area (Å²) in [6.07, 6.45) is 4.88. The average Bonchev–Trinajstić information content (AvgIpc) is 3.28. The zero-order chi connectivity index (χ0) is 16.4. The van der Waals surface area contributed by atoms with Crippen molar-refractivity contribution in [3.8, 4) is 0 Å². The van der Waals surface area contributed by atoms with E-state index >= 15 is 0 Å². The fraction of sp³-hybridized carbons (Fsp3) is 0.444. The Bertz CT molecular complexity index is 709. The largest absolute Gasteiger partial charge is 0.360 e. The van der Waals surface area contributed by atoms with E-state index in [1.165, 1.54) is 0 Å². The monoisotopic (exact) mass is 393 g/mol. The van der Waals surface area contributed by atoms with Gasteiger partial charge in [-0.3, -0.25) is 4.79 Å². The number of ketones is 1. The molecule has 3 nitrogen and oxygen atoms in total. The second-order valence-corrected chi connectivity index (χ2v) is 8.38. The van der Waals surface area contributed by atoms with Gasteiger partial charge in [-0.05, 0) is 43.0 Å². The van der Waals surface area contributed by atoms with Gasteiger partial charge in [0.1, 0.15) is 0 Å². The van der Waals surface area contributed by atoms with Crippen molar-refractivity contribution in [1.29, 1.82) is 0 Å². The summed E-state index contributed by atoms with van der Waals surface area (Å²) in [5, 5.41) is 4.43. The fourth-order valence-electron chi connectivity index (χ4n) is 2.46. The minimum Gasteiger partial charge on any atom is -0.360 e. The zero-order valence-electron chi connectivity index (χ0n) is 13.3. The molecule has 0 N–H and O–H groups in total. The highest BCUT2D eigenvalue weighted by atomic mass is 79.9. The molecule has 122 valence electrons. The smallest absolute Gasteiger partial charge is 0.198 e. The van der Waals surface area contributed by atoms with Gasteiger partial charge in [0, 0.05) is 27.0 Å². The summed E-state index contributed by atoms with van der Waals surface area (Å²) >= 11 is 5.39. The standard InChI is InChI=1S/C18H20BrNO2S/c1-3-11(2)23-10-13-8-14(19)6-7-15(13)17(21)16-9-20-22-18(16)12-4-5-12/h6-9,11-12H,3-5,10H2,1-2H3. The second kappa shape index (κ2) is 7.22. The van der Waals surface area contributed by atoms with Crippen molar-refractivity contribution in [2.75, 3.05) is 0 Å². The number of benzene rings is 1. The van der Waals surface area contributed by atoms with Crippen LogP contribution in [0, 0.1) is 0 Å². The molecule has 0 saturated heterocycles. The van der Waals surface area contributed by atoms with E-state index in [-0.39, 0.29) is 5.78 Å². The van der Waals surface area contributed by atoms with Crippen LogP contribution in [0.4, 0.5) is 0 Å². The number of carbonyl (C=O) groups excluding carboxylic acids is 1. The number of halogens is 1. The first-order valence-corrected chi connectivity index (χ1v) is 9.83. The maximum Gasteiger partial charge on any atom is 0.198 e. The van der Waals surface area contributed by atoms with Crippen LogP contribution in [0.25, 0.3) is 0 Å². The van der Waals surface area contributed by atoms with Crippen molar-refractivity contribution >= 4 is 33.5 Å². The van der Waals surface area contributed by atoms with E-state index in [0.717, 1.165) is 46.4 Å². The maximum atomic E-state index is 13.0. The van der Waals surface area contributed by atoms with E-state index in [1.54, 1.807) is 6.20 Å². The number of aromatic nitrogens is 1. The summed E-state index contributed by atoms with van der Waals surface area (Å²) in [5.41, 5.74) is 2.45. The summed E-state index contributed by atoms with van der Waals surface area (Å²) < 4.78 is 6.33. The molecule has 1 fully saturated rings. The van der Waals surface area contributed by atoms with Crippen molar-refractivity contribution in [2.24, 2.45) is 0 Å². The number of nitrogens with zero attached hydrogens (tertiary/aromatic N) is 1. The molecule has 1 heterocycles. The van der Waals surface area contributed by atoms with Crippen LogP contribution in [-0.2, 0) is 5.75 Å². The first kappa shape index (κ1) is 16.8. The Hall–Kier alpha value is -1.07. The summed E-state index contributed by atoms with van der Waals surface area (Å²) in [6.45, 7) is 4.40. The second-order valence-electron chi connectivity index (χ2n) is 6.04. The Balaban J connectivity index is 1.88. The highest BCUT2D eigenvalue weighted by molar-refractivity contribution is 9.10. The Morgan fingerprint density at radius 1 is 1.43 bits per heavy atom. The van der Waals surface area contributed by atoms with Crippen LogP contribution in [0.15, 0.2) is 33.4 Å². The van der Waals surface area contributed by atoms with Crippen molar-refractivity contribution in [3.05, 3.63) is 51.3 Å². The highest BCUT2D eigenvalue weighted by Crippen LogP contribution is 2.42. The van der Waals surface area contributed by atoms with Gasteiger partial charge in [-0.1, -0.05) is 34.9 Å². The van der Waals surface area contributed by atoms with E-state index in [2.05, 4.69) is 34.9 Å². The molecule has 0 radical (unpaired) electrons. The molecular formula is C18H20BrNO2S. The van der Waals surface area contributed by atoms with E-state index in [0.29, 0.717) is 16.7 Å². The van der Waals surface area contributed by atoms with Crippen LogP contribution in [0.2, 0.25) is 0 Å². The number of hydrogen-bond acceptors (Lipinski definition) is 4. The zero-order valence-corrected chi connectivity index (χ0v) is 15.7. The number of rotatable bonds is 7. The summed E-state index contributed by atoms with van der Waals surface area (Å²) in [7, 11) is 0. The van der Waals surface area contributed by atoms with Crippen molar-refractivity contribution in [2.45, 2.75) is 50.0 Å². The number of carbonyl (C=O) groups is 1. The molecule has 1 aliphatic carbocycles. The molecule has 1 unspecified atom stereocenters. The lowest BCUT2D eigenvalue weighted by molar-refractivity contribution is 0.103. The molecule has 3 rings (SSSR count). The van der Waals surface area contributed by atoms with E-state index in [9.17, 15) is 4.79 Å².